The lowest BCUT2D eigenvalue weighted by atomic mass is 9.82. The molecule has 178 valence electrons. The Kier molecular flexibility index (Phi) is 7.24. The fourth-order valence-electron chi connectivity index (χ4n) is 3.38. The lowest BCUT2D eigenvalue weighted by Crippen LogP contribution is -2.50. The molecule has 0 aliphatic rings. The molecule has 0 fully saturated rings. The molecule has 0 atom stereocenters. The minimum Gasteiger partial charge on any atom is -0.218 e. The van der Waals surface area contributed by atoms with Crippen molar-refractivity contribution in [2.75, 3.05) is 6.26 Å². The number of hydrogen-bond acceptors (Lipinski definition) is 1. The van der Waals surface area contributed by atoms with Crippen LogP contribution in [-0.4, -0.2) is 18.6 Å². The van der Waals surface area contributed by atoms with Gasteiger partial charge >= 0.3 is 24.2 Å². The largest absolute Gasteiger partial charge is 0.435 e. The van der Waals surface area contributed by atoms with E-state index in [0.717, 1.165) is 6.07 Å². The lowest BCUT2D eigenvalue weighted by molar-refractivity contribution is -0.348. The first-order chi connectivity index (χ1) is 14.5. The van der Waals surface area contributed by atoms with Crippen molar-refractivity contribution in [1.82, 2.24) is 0 Å². The summed E-state index contributed by atoms with van der Waals surface area (Å²) in [5.41, 5.74) is -9.57. The van der Waals surface area contributed by atoms with E-state index in [2.05, 4.69) is 0 Å². The van der Waals surface area contributed by atoms with Gasteiger partial charge in [-0.2, -0.15) is 39.5 Å². The van der Waals surface area contributed by atoms with Crippen LogP contribution >= 0.6 is 11.8 Å². The van der Waals surface area contributed by atoms with Crippen LogP contribution in [0.25, 0.3) is 11.1 Å². The van der Waals surface area contributed by atoms with Gasteiger partial charge in [-0.3, -0.25) is 0 Å². The minimum absolute atomic E-state index is 0.0223. The summed E-state index contributed by atoms with van der Waals surface area (Å²) in [5.74, 6) is 0. The molecule has 0 heterocycles. The van der Waals surface area contributed by atoms with Crippen molar-refractivity contribution in [2.45, 2.75) is 55.8 Å². The molecule has 11 heteroatoms. The molecule has 0 radical (unpaired) electrons. The van der Waals surface area contributed by atoms with Gasteiger partial charge in [0.2, 0.25) is 0 Å². The third kappa shape index (κ3) is 4.58. The number of aryl methyl sites for hydroxylation is 2. The van der Waals surface area contributed by atoms with Crippen molar-refractivity contribution in [1.29, 1.82) is 0 Å². The van der Waals surface area contributed by atoms with E-state index in [1.807, 2.05) is 0 Å². The number of rotatable bonds is 5. The Balaban J connectivity index is 3.06. The average Bonchev–Trinajstić information content (AvgIpc) is 2.69. The van der Waals surface area contributed by atoms with Crippen molar-refractivity contribution in [3.05, 3.63) is 52.6 Å². The van der Waals surface area contributed by atoms with E-state index < -0.39 is 40.9 Å². The molecule has 0 saturated carbocycles. The zero-order chi connectivity index (χ0) is 24.7. The summed E-state index contributed by atoms with van der Waals surface area (Å²) >= 11 is 0.699. The normalized spacial score (nSPS) is 13.5. The van der Waals surface area contributed by atoms with Gasteiger partial charge in [0.1, 0.15) is 0 Å². The summed E-state index contributed by atoms with van der Waals surface area (Å²) in [7, 11) is 0. The number of halogens is 10. The zero-order valence-electron chi connectivity index (χ0n) is 17.0. The lowest BCUT2D eigenvalue weighted by Gasteiger charge is -2.33. The number of thioether (sulfide) groups is 1. The van der Waals surface area contributed by atoms with Crippen molar-refractivity contribution >= 4 is 11.8 Å². The van der Waals surface area contributed by atoms with E-state index in [-0.39, 0.29) is 34.4 Å². The maximum absolute atomic E-state index is 15.2. The highest BCUT2D eigenvalue weighted by Gasteiger charge is 2.74. The molecule has 2 aromatic carbocycles. The van der Waals surface area contributed by atoms with Crippen LogP contribution in [0.1, 0.15) is 36.1 Å². The van der Waals surface area contributed by atoms with Crippen molar-refractivity contribution in [3.63, 3.8) is 0 Å². The van der Waals surface area contributed by atoms with Crippen LogP contribution in [-0.2, 0) is 24.7 Å². The van der Waals surface area contributed by atoms with Crippen LogP contribution in [0.2, 0.25) is 0 Å². The van der Waals surface area contributed by atoms with Gasteiger partial charge in [0, 0.05) is 10.5 Å². The van der Waals surface area contributed by atoms with Crippen LogP contribution in [0.15, 0.2) is 35.2 Å². The maximum Gasteiger partial charge on any atom is 0.435 e. The first-order valence-corrected chi connectivity index (χ1v) is 10.5. The number of alkyl halides is 10. The first kappa shape index (κ1) is 26.3. The predicted octanol–water partition coefficient (Wildman–Crippen LogP) is 8.51. The maximum atomic E-state index is 15.2. The smallest absolute Gasteiger partial charge is 0.218 e. The van der Waals surface area contributed by atoms with Crippen LogP contribution < -0.4 is 0 Å². The molecule has 2 rings (SSSR count). The van der Waals surface area contributed by atoms with Gasteiger partial charge in [-0.25, -0.2) is 4.39 Å². The summed E-state index contributed by atoms with van der Waals surface area (Å²) in [6.45, 7) is 2.93. The summed E-state index contributed by atoms with van der Waals surface area (Å²) in [5, 5.41) is 0. The highest BCUT2D eigenvalue weighted by atomic mass is 32.2. The second-order valence-electron chi connectivity index (χ2n) is 6.95. The Morgan fingerprint density at radius 3 is 1.72 bits per heavy atom. The van der Waals surface area contributed by atoms with E-state index >= 15 is 4.39 Å². The quantitative estimate of drug-likeness (QED) is 0.298. The molecule has 0 nitrogen and oxygen atoms in total. The Morgan fingerprint density at radius 1 is 0.750 bits per heavy atom. The second kappa shape index (κ2) is 8.79. The van der Waals surface area contributed by atoms with Gasteiger partial charge in [-0.1, -0.05) is 32.0 Å². The molecular weight excluding hydrogens is 474 g/mol. The number of hydrogen-bond donors (Lipinski definition) is 0. The van der Waals surface area contributed by atoms with E-state index in [0.29, 0.717) is 30.0 Å². The van der Waals surface area contributed by atoms with Crippen LogP contribution in [0, 0.1) is 0 Å². The van der Waals surface area contributed by atoms with Gasteiger partial charge in [0.15, 0.2) is 0 Å². The molecule has 0 aliphatic heterocycles. The predicted molar refractivity (Wildman–Crippen MR) is 102 cm³/mol. The third-order valence-corrected chi connectivity index (χ3v) is 5.80. The van der Waals surface area contributed by atoms with Gasteiger partial charge in [0.25, 0.3) is 0 Å². The third-order valence-electron chi connectivity index (χ3n) is 5.02. The van der Waals surface area contributed by atoms with E-state index in [1.165, 1.54) is 26.2 Å². The van der Waals surface area contributed by atoms with Gasteiger partial charge in [-0.15, -0.1) is 11.8 Å². The monoisotopic (exact) mass is 492 g/mol. The molecule has 0 bridgehead atoms. The molecular formula is C21H18F10S. The summed E-state index contributed by atoms with van der Waals surface area (Å²) in [4.78, 5) is -0.230. The van der Waals surface area contributed by atoms with Crippen molar-refractivity contribution in [2.24, 2.45) is 0 Å². The summed E-state index contributed by atoms with van der Waals surface area (Å²) in [6.07, 6.45) is -16.2. The van der Waals surface area contributed by atoms with Crippen LogP contribution in [0.5, 0.6) is 0 Å². The zero-order valence-corrected chi connectivity index (χ0v) is 17.8. The van der Waals surface area contributed by atoms with Gasteiger partial charge in [0.05, 0.1) is 5.56 Å². The molecule has 0 saturated heterocycles. The van der Waals surface area contributed by atoms with E-state index in [9.17, 15) is 39.5 Å². The molecule has 0 amide bonds. The SMILES string of the molecule is CCc1cc(CC)c(-c2ccc(C(F)(F)F)cc2SC)c(C(F)(C(F)(F)F)C(F)(F)F)c1. The molecule has 0 N–H and O–H groups in total. The Bertz CT molecular complexity index is 956. The van der Waals surface area contributed by atoms with Gasteiger partial charge in [-0.05, 0) is 53.5 Å². The van der Waals surface area contributed by atoms with Crippen molar-refractivity contribution < 1.29 is 43.9 Å². The Labute approximate surface area is 182 Å². The molecule has 2 aromatic rings. The highest BCUT2D eigenvalue weighted by molar-refractivity contribution is 7.98. The standard InChI is InChI=1S/C21H18F10S/c1-4-11-8-12(5-2)17(14-7-6-13(19(23,24)25)10-16(14)32-3)15(9-11)18(22,20(26,27)28)21(29,30)31/h6-10H,4-5H2,1-3H3. The Hall–Kier alpha value is -1.91. The fraction of sp³-hybridized carbons (Fsp3) is 0.429. The summed E-state index contributed by atoms with van der Waals surface area (Å²) < 4.78 is 136. The molecule has 0 aliphatic carbocycles. The summed E-state index contributed by atoms with van der Waals surface area (Å²) in [6, 6.07) is 3.79. The Morgan fingerprint density at radius 2 is 1.31 bits per heavy atom. The number of benzene rings is 2. The van der Waals surface area contributed by atoms with Crippen LogP contribution in [0.3, 0.4) is 0 Å². The van der Waals surface area contributed by atoms with Crippen LogP contribution in [0.4, 0.5) is 43.9 Å². The van der Waals surface area contributed by atoms with Crippen molar-refractivity contribution in [3.8, 4) is 11.1 Å². The first-order valence-electron chi connectivity index (χ1n) is 9.27. The topological polar surface area (TPSA) is 0 Å². The van der Waals surface area contributed by atoms with E-state index in [4.69, 9.17) is 0 Å². The minimum atomic E-state index is -6.36. The molecule has 0 unspecified atom stereocenters. The average molecular weight is 492 g/mol. The second-order valence-corrected chi connectivity index (χ2v) is 7.80. The molecule has 32 heavy (non-hydrogen) atoms. The van der Waals surface area contributed by atoms with E-state index in [1.54, 1.807) is 0 Å². The highest BCUT2D eigenvalue weighted by Crippen LogP contribution is 2.56. The molecule has 0 aromatic heterocycles. The fourth-order valence-corrected chi connectivity index (χ4v) is 4.02. The molecule has 0 spiro atoms. The van der Waals surface area contributed by atoms with Gasteiger partial charge < -0.3 is 0 Å².